The number of anilines is 1. The second kappa shape index (κ2) is 10.2. The summed E-state index contributed by atoms with van der Waals surface area (Å²) in [6, 6.07) is 11.6. The number of likely N-dealkylation sites (tertiary alicyclic amines) is 1. The average Bonchev–Trinajstić information content (AvgIpc) is 3.50. The first-order valence-electron chi connectivity index (χ1n) is 11.1. The number of ether oxygens (including phenoxy) is 2. The van der Waals surface area contributed by atoms with Crippen molar-refractivity contribution >= 4 is 22.2 Å². The molecule has 1 aliphatic heterocycles. The van der Waals surface area contributed by atoms with E-state index >= 15 is 0 Å². The van der Waals surface area contributed by atoms with Crippen LogP contribution in [-0.2, 0) is 6.42 Å². The molecule has 2 aromatic heterocycles. The van der Waals surface area contributed by atoms with Gasteiger partial charge in [-0.25, -0.2) is 0 Å². The predicted molar refractivity (Wildman–Crippen MR) is 127 cm³/mol. The van der Waals surface area contributed by atoms with Gasteiger partial charge in [0.05, 0.1) is 26.5 Å². The number of hydrogen-bond acceptors (Lipinski definition) is 6. The largest absolute Gasteiger partial charge is 0.493 e. The summed E-state index contributed by atoms with van der Waals surface area (Å²) in [4.78, 5) is 16.5. The third-order valence-electron chi connectivity index (χ3n) is 5.91. The molecule has 0 saturated carbocycles. The Balaban J connectivity index is 1.82. The molecule has 0 bridgehead atoms. The van der Waals surface area contributed by atoms with E-state index in [2.05, 4.69) is 29.3 Å². The van der Waals surface area contributed by atoms with Gasteiger partial charge in [0.1, 0.15) is 5.00 Å². The van der Waals surface area contributed by atoms with Crippen LogP contribution in [0.25, 0.3) is 0 Å². The van der Waals surface area contributed by atoms with Crippen molar-refractivity contribution in [1.82, 2.24) is 4.90 Å². The minimum absolute atomic E-state index is 0.0520. The van der Waals surface area contributed by atoms with Crippen LogP contribution in [0.2, 0.25) is 0 Å². The summed E-state index contributed by atoms with van der Waals surface area (Å²) in [7, 11) is 3.34. The highest BCUT2D eigenvalue weighted by Crippen LogP contribution is 2.45. The molecule has 1 aromatic carbocycles. The molecule has 3 aromatic rings. The van der Waals surface area contributed by atoms with Gasteiger partial charge in [0, 0.05) is 16.0 Å². The van der Waals surface area contributed by atoms with Crippen molar-refractivity contribution in [2.75, 3.05) is 32.6 Å². The summed E-state index contributed by atoms with van der Waals surface area (Å²) in [6.45, 7) is 4.12. The average molecular weight is 455 g/mol. The second-order valence-electron chi connectivity index (χ2n) is 7.86. The van der Waals surface area contributed by atoms with Crippen LogP contribution < -0.4 is 14.8 Å². The molecule has 1 N–H and O–H groups in total. The fraction of sp³-hybridized carbons (Fsp3) is 0.400. The van der Waals surface area contributed by atoms with Crippen molar-refractivity contribution in [2.24, 2.45) is 0 Å². The van der Waals surface area contributed by atoms with Gasteiger partial charge in [0.25, 0.3) is 5.91 Å². The summed E-state index contributed by atoms with van der Waals surface area (Å²) >= 11 is 1.62. The number of piperidine rings is 1. The molecule has 0 unspecified atom stereocenters. The van der Waals surface area contributed by atoms with E-state index in [1.807, 2.05) is 12.1 Å². The molecule has 1 amide bonds. The SMILES string of the molecule is CCc1cc([C@H](c2cccc(OC)c2OC)N2CCCCC2)c(NC(=O)c2ccco2)s1. The number of carbonyl (C=O) groups excluding carboxylic acids is 1. The first-order chi connectivity index (χ1) is 15.7. The van der Waals surface area contributed by atoms with E-state index in [0.29, 0.717) is 11.5 Å². The molecule has 1 atom stereocenters. The molecule has 7 heteroatoms. The van der Waals surface area contributed by atoms with Crippen molar-refractivity contribution in [3.05, 3.63) is 64.4 Å². The zero-order valence-electron chi connectivity index (χ0n) is 18.8. The van der Waals surface area contributed by atoms with Crippen LogP contribution in [0.5, 0.6) is 11.5 Å². The molecule has 0 aliphatic carbocycles. The Morgan fingerprint density at radius 3 is 2.59 bits per heavy atom. The van der Waals surface area contributed by atoms with Gasteiger partial charge in [-0.15, -0.1) is 11.3 Å². The fourth-order valence-corrected chi connectivity index (χ4v) is 5.40. The van der Waals surface area contributed by atoms with Gasteiger partial charge < -0.3 is 19.2 Å². The van der Waals surface area contributed by atoms with Gasteiger partial charge >= 0.3 is 0 Å². The molecule has 4 rings (SSSR count). The Bertz CT molecular complexity index is 1040. The van der Waals surface area contributed by atoms with Gasteiger partial charge in [-0.3, -0.25) is 9.69 Å². The molecule has 170 valence electrons. The number of rotatable bonds is 8. The van der Waals surface area contributed by atoms with E-state index in [4.69, 9.17) is 13.9 Å². The molecule has 6 nitrogen and oxygen atoms in total. The zero-order valence-corrected chi connectivity index (χ0v) is 19.7. The van der Waals surface area contributed by atoms with Gasteiger partial charge in [-0.05, 0) is 56.6 Å². The summed E-state index contributed by atoms with van der Waals surface area (Å²) in [5, 5.41) is 3.96. The zero-order chi connectivity index (χ0) is 22.5. The lowest BCUT2D eigenvalue weighted by molar-refractivity contribution is 0.0996. The van der Waals surface area contributed by atoms with Crippen LogP contribution >= 0.6 is 11.3 Å². The van der Waals surface area contributed by atoms with Crippen LogP contribution in [0, 0.1) is 0 Å². The molecular weight excluding hydrogens is 424 g/mol. The van der Waals surface area contributed by atoms with Crippen molar-refractivity contribution in [1.29, 1.82) is 0 Å². The molecule has 1 fully saturated rings. The number of nitrogens with one attached hydrogen (secondary N) is 1. The second-order valence-corrected chi connectivity index (χ2v) is 9.00. The lowest BCUT2D eigenvalue weighted by atomic mass is 9.94. The van der Waals surface area contributed by atoms with Gasteiger partial charge in [-0.1, -0.05) is 25.5 Å². The minimum Gasteiger partial charge on any atom is -0.493 e. The first kappa shape index (κ1) is 22.4. The Morgan fingerprint density at radius 1 is 1.12 bits per heavy atom. The maximum Gasteiger partial charge on any atom is 0.291 e. The van der Waals surface area contributed by atoms with E-state index in [0.717, 1.165) is 54.2 Å². The fourth-order valence-electron chi connectivity index (χ4n) is 4.37. The van der Waals surface area contributed by atoms with Gasteiger partial charge in [0.2, 0.25) is 0 Å². The summed E-state index contributed by atoms with van der Waals surface area (Å²) in [5.74, 6) is 1.50. The quantitative estimate of drug-likeness (QED) is 0.470. The van der Waals surface area contributed by atoms with E-state index in [1.54, 1.807) is 37.7 Å². The van der Waals surface area contributed by atoms with Gasteiger partial charge in [0.15, 0.2) is 17.3 Å². The monoisotopic (exact) mass is 454 g/mol. The Morgan fingerprint density at radius 2 is 1.94 bits per heavy atom. The van der Waals surface area contributed by atoms with Crippen LogP contribution in [0.4, 0.5) is 5.00 Å². The molecule has 1 aliphatic rings. The number of amides is 1. The van der Waals surface area contributed by atoms with Crippen molar-refractivity contribution in [2.45, 2.75) is 38.6 Å². The number of aryl methyl sites for hydroxylation is 1. The Hall–Kier alpha value is -2.77. The van der Waals surface area contributed by atoms with Crippen LogP contribution in [0.15, 0.2) is 47.1 Å². The predicted octanol–water partition coefficient (Wildman–Crippen LogP) is 5.75. The number of thiophene rings is 1. The minimum atomic E-state index is -0.240. The van der Waals surface area contributed by atoms with Crippen LogP contribution in [0.1, 0.15) is 58.8 Å². The summed E-state index contributed by atoms with van der Waals surface area (Å²) in [6.07, 6.45) is 5.96. The van der Waals surface area contributed by atoms with E-state index in [9.17, 15) is 4.79 Å². The van der Waals surface area contributed by atoms with E-state index in [-0.39, 0.29) is 11.9 Å². The number of nitrogens with zero attached hydrogens (tertiary/aromatic N) is 1. The summed E-state index contributed by atoms with van der Waals surface area (Å²) in [5.41, 5.74) is 2.13. The van der Waals surface area contributed by atoms with Crippen LogP contribution in [0.3, 0.4) is 0 Å². The van der Waals surface area contributed by atoms with Crippen molar-refractivity contribution in [3.8, 4) is 11.5 Å². The maximum atomic E-state index is 12.8. The number of furan rings is 1. The summed E-state index contributed by atoms with van der Waals surface area (Å²) < 4.78 is 16.7. The van der Waals surface area contributed by atoms with E-state index in [1.165, 1.54) is 17.6 Å². The Kier molecular flexibility index (Phi) is 7.17. The molecular formula is C25H30N2O4S. The highest BCUT2D eigenvalue weighted by atomic mass is 32.1. The maximum absolute atomic E-state index is 12.8. The van der Waals surface area contributed by atoms with Crippen molar-refractivity contribution < 1.29 is 18.7 Å². The van der Waals surface area contributed by atoms with Crippen molar-refractivity contribution in [3.63, 3.8) is 0 Å². The molecule has 1 saturated heterocycles. The third-order valence-corrected chi connectivity index (χ3v) is 7.12. The third kappa shape index (κ3) is 4.54. The molecule has 32 heavy (non-hydrogen) atoms. The highest BCUT2D eigenvalue weighted by Gasteiger charge is 2.31. The number of carbonyl (C=O) groups is 1. The van der Waals surface area contributed by atoms with Crippen LogP contribution in [-0.4, -0.2) is 38.1 Å². The number of methoxy groups -OCH3 is 2. The number of para-hydroxylation sites is 1. The smallest absolute Gasteiger partial charge is 0.291 e. The molecule has 0 spiro atoms. The van der Waals surface area contributed by atoms with Gasteiger partial charge in [-0.2, -0.15) is 0 Å². The molecule has 0 radical (unpaired) electrons. The highest BCUT2D eigenvalue weighted by molar-refractivity contribution is 7.16. The lowest BCUT2D eigenvalue weighted by Gasteiger charge is -2.36. The normalized spacial score (nSPS) is 15.3. The standard InChI is InChI=1S/C25H30N2O4S/c1-4-17-16-19(25(32-17)26-24(28)21-12-9-15-31-21)22(27-13-6-5-7-14-27)18-10-8-11-20(29-2)23(18)30-3/h8-12,15-16,22H,4-7,13-14H2,1-3H3,(H,26,28)/t22-/m0/s1. The Labute approximate surface area is 193 Å². The number of hydrogen-bond donors (Lipinski definition) is 1. The number of benzene rings is 1. The topological polar surface area (TPSA) is 63.9 Å². The molecule has 3 heterocycles. The lowest BCUT2D eigenvalue weighted by Crippen LogP contribution is -2.35. The first-order valence-corrected chi connectivity index (χ1v) is 11.9. The van der Waals surface area contributed by atoms with E-state index < -0.39 is 0 Å².